The molecule has 2 fully saturated rings. The second kappa shape index (κ2) is 12.4. The molecule has 230 valence electrons. The van der Waals surface area contributed by atoms with E-state index in [4.69, 9.17) is 14.5 Å². The number of halogens is 2. The SMILES string of the molecule is O=C(O)c1ccc2nc(CN3CC=C(c4ncc(F)c(OCc5ccc(C#CC6CC6)cc5F)n4)CC3)n(C[C@@H]3CCO3)c2c1. The summed E-state index contributed by atoms with van der Waals surface area (Å²) >= 11 is 0. The van der Waals surface area contributed by atoms with Crippen LogP contribution >= 0.6 is 0 Å². The molecule has 2 aromatic heterocycles. The van der Waals surface area contributed by atoms with E-state index in [0.717, 1.165) is 54.5 Å². The highest BCUT2D eigenvalue weighted by Crippen LogP contribution is 2.28. The van der Waals surface area contributed by atoms with Crippen molar-refractivity contribution < 1.29 is 28.2 Å². The van der Waals surface area contributed by atoms with Crippen molar-refractivity contribution in [1.82, 2.24) is 24.4 Å². The largest absolute Gasteiger partial charge is 0.478 e. The number of benzene rings is 2. The third kappa shape index (κ3) is 6.57. The predicted octanol–water partition coefficient (Wildman–Crippen LogP) is 5.22. The van der Waals surface area contributed by atoms with Crippen LogP contribution in [-0.4, -0.2) is 61.3 Å². The van der Waals surface area contributed by atoms with Gasteiger partial charge in [-0.15, -0.1) is 0 Å². The molecule has 0 bridgehead atoms. The summed E-state index contributed by atoms with van der Waals surface area (Å²) in [5.74, 6) is 5.35. The van der Waals surface area contributed by atoms with Crippen LogP contribution in [0.4, 0.5) is 8.78 Å². The second-order valence-electron chi connectivity index (χ2n) is 11.6. The number of carbonyl (C=O) groups is 1. The van der Waals surface area contributed by atoms with E-state index in [1.807, 2.05) is 6.08 Å². The highest BCUT2D eigenvalue weighted by atomic mass is 19.1. The van der Waals surface area contributed by atoms with E-state index in [1.54, 1.807) is 30.3 Å². The minimum atomic E-state index is -0.980. The number of ether oxygens (including phenoxy) is 2. The molecule has 0 radical (unpaired) electrons. The van der Waals surface area contributed by atoms with Crippen molar-refractivity contribution in [1.29, 1.82) is 0 Å². The molecule has 4 heterocycles. The number of carboxylic acid groups (broad SMARTS) is 1. The molecule has 0 unspecified atom stereocenters. The minimum Gasteiger partial charge on any atom is -0.478 e. The van der Waals surface area contributed by atoms with Crippen molar-refractivity contribution in [3.63, 3.8) is 0 Å². The lowest BCUT2D eigenvalue weighted by Gasteiger charge is -2.29. The standard InChI is InChI=1S/C34H31F2N5O4/c35-27-15-22(4-3-21-1-2-21)5-6-25(27)20-45-33-28(36)17-37-32(39-33)23-9-12-40(13-10-23)19-31-38-29-8-7-24(34(42)43)16-30(29)41(31)18-26-11-14-44-26/h5-9,15-17,21,26H,1-2,10-14,18-20H2,(H,42,43)/t26-/m0/s1. The fourth-order valence-corrected chi connectivity index (χ4v) is 5.43. The lowest BCUT2D eigenvalue weighted by Crippen LogP contribution is -2.33. The van der Waals surface area contributed by atoms with Crippen molar-refractivity contribution in [3.8, 4) is 17.7 Å². The Hall–Kier alpha value is -4.66. The van der Waals surface area contributed by atoms with Gasteiger partial charge in [0.05, 0.1) is 42.0 Å². The molecule has 7 rings (SSSR count). The molecule has 4 aromatic rings. The minimum absolute atomic E-state index is 0.0802. The fourth-order valence-electron chi connectivity index (χ4n) is 5.43. The Kier molecular flexibility index (Phi) is 8.00. The average molecular weight is 612 g/mol. The van der Waals surface area contributed by atoms with Crippen molar-refractivity contribution in [2.75, 3.05) is 19.7 Å². The van der Waals surface area contributed by atoms with Gasteiger partial charge in [-0.25, -0.2) is 19.2 Å². The number of hydrogen-bond donors (Lipinski definition) is 1. The quantitative estimate of drug-likeness (QED) is 0.257. The molecule has 45 heavy (non-hydrogen) atoms. The molecule has 1 saturated heterocycles. The summed E-state index contributed by atoms with van der Waals surface area (Å²) in [7, 11) is 0. The molecule has 2 aromatic carbocycles. The van der Waals surface area contributed by atoms with Gasteiger partial charge in [0.25, 0.3) is 5.88 Å². The van der Waals surface area contributed by atoms with Crippen molar-refractivity contribution >= 4 is 22.6 Å². The van der Waals surface area contributed by atoms with E-state index in [0.29, 0.717) is 49.9 Å². The van der Waals surface area contributed by atoms with Crippen molar-refractivity contribution in [2.24, 2.45) is 5.92 Å². The van der Waals surface area contributed by atoms with Crippen molar-refractivity contribution in [3.05, 3.63) is 88.6 Å². The van der Waals surface area contributed by atoms with E-state index >= 15 is 0 Å². The predicted molar refractivity (Wildman–Crippen MR) is 161 cm³/mol. The van der Waals surface area contributed by atoms with Crippen LogP contribution in [-0.2, 0) is 24.4 Å². The van der Waals surface area contributed by atoms with Crippen LogP contribution in [0.25, 0.3) is 16.6 Å². The third-order valence-corrected chi connectivity index (χ3v) is 8.33. The van der Waals surface area contributed by atoms with Crippen LogP contribution in [0.1, 0.15) is 58.8 Å². The molecule has 11 heteroatoms. The first kappa shape index (κ1) is 29.1. The first-order valence-electron chi connectivity index (χ1n) is 15.1. The van der Waals surface area contributed by atoms with Crippen LogP contribution in [0.5, 0.6) is 5.88 Å². The van der Waals surface area contributed by atoms with Gasteiger partial charge in [-0.05, 0) is 61.6 Å². The summed E-state index contributed by atoms with van der Waals surface area (Å²) in [6.45, 7) is 3.00. The number of nitrogens with zero attached hydrogens (tertiary/aromatic N) is 5. The maximum absolute atomic E-state index is 14.7. The molecule has 1 atom stereocenters. The van der Waals surface area contributed by atoms with Crippen LogP contribution in [0.3, 0.4) is 0 Å². The summed E-state index contributed by atoms with van der Waals surface area (Å²) in [5, 5.41) is 9.50. The Bertz CT molecular complexity index is 1870. The molecule has 1 aliphatic carbocycles. The number of rotatable bonds is 9. The Balaban J connectivity index is 1.03. The molecular formula is C34H31F2N5O4. The second-order valence-corrected chi connectivity index (χ2v) is 11.6. The summed E-state index contributed by atoms with van der Waals surface area (Å²) in [5.41, 5.74) is 3.49. The van der Waals surface area contributed by atoms with Gasteiger partial charge in [0.1, 0.15) is 18.2 Å². The molecule has 1 N–H and O–H groups in total. The lowest BCUT2D eigenvalue weighted by molar-refractivity contribution is -0.0591. The van der Waals surface area contributed by atoms with Crippen LogP contribution < -0.4 is 4.74 Å². The maximum Gasteiger partial charge on any atom is 0.335 e. The van der Waals surface area contributed by atoms with Gasteiger partial charge in [0.2, 0.25) is 5.82 Å². The van der Waals surface area contributed by atoms with Gasteiger partial charge in [-0.2, -0.15) is 9.37 Å². The summed E-state index contributed by atoms with van der Waals surface area (Å²) in [6, 6.07) is 9.69. The van der Waals surface area contributed by atoms with Gasteiger partial charge < -0.3 is 19.1 Å². The van der Waals surface area contributed by atoms with Crippen molar-refractivity contribution in [2.45, 2.75) is 51.5 Å². The zero-order valence-electron chi connectivity index (χ0n) is 24.5. The number of hydrogen-bond acceptors (Lipinski definition) is 7. The molecule has 2 aliphatic heterocycles. The summed E-state index contributed by atoms with van der Waals surface area (Å²) in [6.07, 6.45) is 6.94. The zero-order chi connectivity index (χ0) is 30.9. The van der Waals surface area contributed by atoms with Crippen LogP contribution in [0.15, 0.2) is 48.7 Å². The Morgan fingerprint density at radius 1 is 1.11 bits per heavy atom. The monoisotopic (exact) mass is 611 g/mol. The number of carboxylic acids is 1. The highest BCUT2D eigenvalue weighted by molar-refractivity contribution is 5.92. The van der Waals surface area contributed by atoms with Crippen LogP contribution in [0, 0.1) is 29.4 Å². The van der Waals surface area contributed by atoms with E-state index in [9.17, 15) is 18.7 Å². The van der Waals surface area contributed by atoms with E-state index in [-0.39, 0.29) is 29.7 Å². The van der Waals surface area contributed by atoms with Gasteiger partial charge >= 0.3 is 5.97 Å². The average Bonchev–Trinajstić information content (AvgIpc) is 3.79. The molecular weight excluding hydrogens is 580 g/mol. The van der Waals surface area contributed by atoms with Gasteiger partial charge in [-0.3, -0.25) is 4.90 Å². The maximum atomic E-state index is 14.7. The van der Waals surface area contributed by atoms with E-state index < -0.39 is 17.6 Å². The summed E-state index contributed by atoms with van der Waals surface area (Å²) in [4.78, 5) is 27.2. The molecule has 0 spiro atoms. The first-order valence-corrected chi connectivity index (χ1v) is 15.1. The van der Waals surface area contributed by atoms with E-state index in [2.05, 4.69) is 31.3 Å². The highest BCUT2D eigenvalue weighted by Gasteiger charge is 2.25. The zero-order valence-corrected chi connectivity index (χ0v) is 24.5. The third-order valence-electron chi connectivity index (χ3n) is 8.33. The number of fused-ring (bicyclic) bond motifs is 1. The smallest absolute Gasteiger partial charge is 0.335 e. The fraction of sp³-hybridized carbons (Fsp3) is 0.353. The van der Waals surface area contributed by atoms with Gasteiger partial charge in [0, 0.05) is 36.7 Å². The van der Waals surface area contributed by atoms with Gasteiger partial charge in [0.15, 0.2) is 5.82 Å². The van der Waals surface area contributed by atoms with Crippen LogP contribution in [0.2, 0.25) is 0 Å². The normalized spacial score (nSPS) is 18.2. The topological polar surface area (TPSA) is 103 Å². The number of aromatic carboxylic acids is 1. The molecule has 1 saturated carbocycles. The Labute approximate surface area is 258 Å². The summed E-state index contributed by atoms with van der Waals surface area (Å²) < 4.78 is 42.5. The van der Waals surface area contributed by atoms with E-state index in [1.165, 1.54) is 6.07 Å². The first-order chi connectivity index (χ1) is 21.9. The Morgan fingerprint density at radius 3 is 2.69 bits per heavy atom. The molecule has 9 nitrogen and oxygen atoms in total. The number of aromatic nitrogens is 4. The lowest BCUT2D eigenvalue weighted by atomic mass is 10.1. The number of imidazole rings is 1. The van der Waals surface area contributed by atoms with Gasteiger partial charge in [-0.1, -0.05) is 24.0 Å². The Morgan fingerprint density at radius 2 is 1.98 bits per heavy atom. The molecule has 3 aliphatic rings. The molecule has 0 amide bonds.